The zero-order chi connectivity index (χ0) is 22.0. The van der Waals surface area contributed by atoms with Gasteiger partial charge >= 0.3 is 0 Å². The number of aromatic nitrogens is 3. The van der Waals surface area contributed by atoms with Gasteiger partial charge in [0.1, 0.15) is 5.82 Å². The third-order valence-corrected chi connectivity index (χ3v) is 5.83. The summed E-state index contributed by atoms with van der Waals surface area (Å²) in [5.74, 6) is 1.89. The van der Waals surface area contributed by atoms with E-state index in [2.05, 4.69) is 62.0 Å². The first-order valence-corrected chi connectivity index (χ1v) is 11.6. The van der Waals surface area contributed by atoms with Crippen molar-refractivity contribution >= 4 is 35.8 Å². The Bertz CT molecular complexity index is 961. The van der Waals surface area contributed by atoms with Gasteiger partial charge in [0.2, 0.25) is 0 Å². The van der Waals surface area contributed by atoms with Crippen molar-refractivity contribution in [2.75, 3.05) is 31.6 Å². The first-order chi connectivity index (χ1) is 15.8. The monoisotopic (exact) mass is 559 g/mol. The smallest absolute Gasteiger partial charge is 0.191 e. The third kappa shape index (κ3) is 7.45. The fourth-order valence-electron chi connectivity index (χ4n) is 3.98. The lowest BCUT2D eigenvalue weighted by Gasteiger charge is -2.21. The summed E-state index contributed by atoms with van der Waals surface area (Å²) < 4.78 is 1.86. The Morgan fingerprint density at radius 3 is 2.36 bits per heavy atom. The predicted molar refractivity (Wildman–Crippen MR) is 146 cm³/mol. The number of aliphatic imine (C=N–C) groups is 1. The van der Waals surface area contributed by atoms with Crippen molar-refractivity contribution in [2.24, 2.45) is 4.99 Å². The number of hydrogen-bond acceptors (Lipinski definition) is 4. The SMILES string of the molecule is CN=C(NCCc1ccc(-n2cccn2)cc1)NCc1ccc(N2CCCCCC2)nc1.I. The highest BCUT2D eigenvalue weighted by Gasteiger charge is 2.10. The number of nitrogens with zero attached hydrogens (tertiary/aromatic N) is 5. The minimum atomic E-state index is 0. The molecule has 1 fully saturated rings. The molecule has 1 aromatic carbocycles. The standard InChI is InChI=1S/C25H33N7.HI/c1-26-25(27-15-13-21-7-10-23(11-8-21)32-18-6-14-30-32)29-20-22-9-12-24(28-19-22)31-16-4-2-3-5-17-31;/h6-12,14,18-19H,2-5,13,15-17,20H2,1H3,(H2,26,27,29);1H. The summed E-state index contributed by atoms with van der Waals surface area (Å²) >= 11 is 0. The van der Waals surface area contributed by atoms with Gasteiger partial charge in [-0.15, -0.1) is 24.0 Å². The number of anilines is 1. The van der Waals surface area contributed by atoms with Crippen molar-refractivity contribution in [3.05, 3.63) is 72.2 Å². The summed E-state index contributed by atoms with van der Waals surface area (Å²) in [5.41, 5.74) is 3.50. The minimum Gasteiger partial charge on any atom is -0.357 e. The number of rotatable bonds is 7. The summed E-state index contributed by atoms with van der Waals surface area (Å²) in [6, 6.07) is 14.7. The molecule has 0 unspecified atom stereocenters. The van der Waals surface area contributed by atoms with Gasteiger partial charge in [-0.05, 0) is 54.7 Å². The number of pyridine rings is 1. The summed E-state index contributed by atoms with van der Waals surface area (Å²) in [5, 5.41) is 11.0. The zero-order valence-electron chi connectivity index (χ0n) is 19.3. The molecular weight excluding hydrogens is 525 g/mol. The van der Waals surface area contributed by atoms with E-state index in [0.29, 0.717) is 6.54 Å². The van der Waals surface area contributed by atoms with E-state index in [1.54, 1.807) is 13.2 Å². The average Bonchev–Trinajstić information content (AvgIpc) is 3.24. The fraction of sp³-hybridized carbons (Fsp3) is 0.400. The molecule has 0 radical (unpaired) electrons. The molecule has 0 bridgehead atoms. The van der Waals surface area contributed by atoms with E-state index in [1.165, 1.54) is 31.2 Å². The Balaban J connectivity index is 0.00000306. The van der Waals surface area contributed by atoms with Crippen LogP contribution < -0.4 is 15.5 Å². The maximum Gasteiger partial charge on any atom is 0.191 e. The van der Waals surface area contributed by atoms with Gasteiger partial charge in [0.05, 0.1) is 5.69 Å². The van der Waals surface area contributed by atoms with Gasteiger partial charge in [-0.3, -0.25) is 4.99 Å². The van der Waals surface area contributed by atoms with Crippen molar-refractivity contribution in [1.29, 1.82) is 0 Å². The molecule has 2 N–H and O–H groups in total. The second-order valence-corrected chi connectivity index (χ2v) is 8.15. The zero-order valence-corrected chi connectivity index (χ0v) is 21.6. The molecule has 3 heterocycles. The molecule has 8 heteroatoms. The van der Waals surface area contributed by atoms with Crippen LogP contribution in [-0.4, -0.2) is 47.4 Å². The third-order valence-electron chi connectivity index (χ3n) is 5.83. The Morgan fingerprint density at radius 2 is 1.73 bits per heavy atom. The highest BCUT2D eigenvalue weighted by molar-refractivity contribution is 14.0. The van der Waals surface area contributed by atoms with Crippen molar-refractivity contribution in [1.82, 2.24) is 25.4 Å². The van der Waals surface area contributed by atoms with E-state index in [9.17, 15) is 0 Å². The predicted octanol–water partition coefficient (Wildman–Crippen LogP) is 4.17. The van der Waals surface area contributed by atoms with Crippen LogP contribution in [0.4, 0.5) is 5.82 Å². The van der Waals surface area contributed by atoms with Crippen molar-refractivity contribution in [3.63, 3.8) is 0 Å². The largest absolute Gasteiger partial charge is 0.357 e. The molecule has 2 aromatic heterocycles. The molecule has 0 spiro atoms. The molecule has 0 saturated carbocycles. The van der Waals surface area contributed by atoms with Gasteiger partial charge in [-0.25, -0.2) is 9.67 Å². The van der Waals surface area contributed by atoms with E-state index in [0.717, 1.165) is 49.1 Å². The highest BCUT2D eigenvalue weighted by Crippen LogP contribution is 2.17. The van der Waals surface area contributed by atoms with Crippen LogP contribution in [0.25, 0.3) is 5.69 Å². The summed E-state index contributed by atoms with van der Waals surface area (Å²) in [7, 11) is 1.80. The quantitative estimate of drug-likeness (QED) is 0.259. The Kier molecular flexibility index (Phi) is 9.99. The van der Waals surface area contributed by atoms with E-state index in [1.807, 2.05) is 23.1 Å². The second-order valence-electron chi connectivity index (χ2n) is 8.15. The van der Waals surface area contributed by atoms with Crippen LogP contribution in [0.3, 0.4) is 0 Å². The Hall–Kier alpha value is -2.62. The molecular formula is C25H34IN7. The van der Waals surface area contributed by atoms with Crippen LogP contribution in [0.1, 0.15) is 36.8 Å². The second kappa shape index (κ2) is 13.2. The van der Waals surface area contributed by atoms with E-state index in [4.69, 9.17) is 4.98 Å². The van der Waals surface area contributed by atoms with Crippen molar-refractivity contribution in [3.8, 4) is 5.69 Å². The van der Waals surface area contributed by atoms with Crippen LogP contribution in [0, 0.1) is 0 Å². The Morgan fingerprint density at radius 1 is 0.970 bits per heavy atom. The normalized spacial score (nSPS) is 14.3. The molecule has 1 aliphatic heterocycles. The average molecular weight is 560 g/mol. The van der Waals surface area contributed by atoms with Crippen LogP contribution in [0.2, 0.25) is 0 Å². The van der Waals surface area contributed by atoms with Crippen molar-refractivity contribution < 1.29 is 0 Å². The first-order valence-electron chi connectivity index (χ1n) is 11.6. The van der Waals surface area contributed by atoms with Gasteiger partial charge in [0, 0.05) is 51.8 Å². The molecule has 1 aliphatic rings. The first kappa shape index (κ1) is 25.0. The van der Waals surface area contributed by atoms with Gasteiger partial charge in [-0.1, -0.05) is 31.0 Å². The highest BCUT2D eigenvalue weighted by atomic mass is 127. The lowest BCUT2D eigenvalue weighted by molar-refractivity contribution is 0.726. The number of benzene rings is 1. The lowest BCUT2D eigenvalue weighted by Crippen LogP contribution is -2.37. The maximum absolute atomic E-state index is 4.69. The number of hydrogen-bond donors (Lipinski definition) is 2. The van der Waals surface area contributed by atoms with Gasteiger partial charge in [0.15, 0.2) is 5.96 Å². The molecule has 0 amide bonds. The van der Waals surface area contributed by atoms with E-state index >= 15 is 0 Å². The molecule has 1 saturated heterocycles. The summed E-state index contributed by atoms with van der Waals surface area (Å²) in [6.07, 6.45) is 11.8. The van der Waals surface area contributed by atoms with Crippen LogP contribution in [0.15, 0.2) is 66.0 Å². The van der Waals surface area contributed by atoms with Gasteiger partial charge in [0.25, 0.3) is 0 Å². The number of guanidine groups is 1. The molecule has 0 atom stereocenters. The molecule has 176 valence electrons. The lowest BCUT2D eigenvalue weighted by atomic mass is 10.1. The summed E-state index contributed by atoms with van der Waals surface area (Å²) in [4.78, 5) is 11.4. The molecule has 0 aliphatic carbocycles. The van der Waals surface area contributed by atoms with Gasteiger partial charge < -0.3 is 15.5 Å². The summed E-state index contributed by atoms with van der Waals surface area (Å²) in [6.45, 7) is 3.75. The fourth-order valence-corrected chi connectivity index (χ4v) is 3.98. The molecule has 7 nitrogen and oxygen atoms in total. The van der Waals surface area contributed by atoms with Crippen LogP contribution in [-0.2, 0) is 13.0 Å². The van der Waals surface area contributed by atoms with E-state index < -0.39 is 0 Å². The molecule has 33 heavy (non-hydrogen) atoms. The number of nitrogens with one attached hydrogen (secondary N) is 2. The Labute approximate surface area is 213 Å². The molecule has 4 rings (SSSR count). The van der Waals surface area contributed by atoms with Crippen molar-refractivity contribution in [2.45, 2.75) is 38.6 Å². The number of halogens is 1. The van der Waals surface area contributed by atoms with E-state index in [-0.39, 0.29) is 24.0 Å². The minimum absolute atomic E-state index is 0. The van der Waals surface area contributed by atoms with Crippen LogP contribution >= 0.6 is 24.0 Å². The van der Waals surface area contributed by atoms with Crippen LogP contribution in [0.5, 0.6) is 0 Å². The van der Waals surface area contributed by atoms with Gasteiger partial charge in [-0.2, -0.15) is 5.10 Å². The maximum atomic E-state index is 4.69. The topological polar surface area (TPSA) is 70.4 Å². The molecule has 3 aromatic rings.